The third-order valence-electron chi connectivity index (χ3n) is 2.94. The molecule has 1 aromatic carbocycles. The highest BCUT2D eigenvalue weighted by molar-refractivity contribution is 9.10. The lowest BCUT2D eigenvalue weighted by Gasteiger charge is -2.17. The second-order valence-electron chi connectivity index (χ2n) is 4.54. The first-order chi connectivity index (χ1) is 9.40. The third-order valence-corrected chi connectivity index (χ3v) is 4.48. The minimum absolute atomic E-state index is 0.116. The normalized spacial score (nSPS) is 13.6. The number of nitrogens with one attached hydrogen (secondary N) is 1. The molecule has 20 heavy (non-hydrogen) atoms. The van der Waals surface area contributed by atoms with Crippen molar-refractivity contribution in [3.63, 3.8) is 0 Å². The first-order valence-electron chi connectivity index (χ1n) is 6.30. The Morgan fingerprint density at radius 2 is 1.90 bits per heavy atom. The molecule has 1 amide bonds. The summed E-state index contributed by atoms with van der Waals surface area (Å²) in [7, 11) is 0. The summed E-state index contributed by atoms with van der Waals surface area (Å²) in [5.74, 6) is -0.933. The third kappa shape index (κ3) is 5.96. The summed E-state index contributed by atoms with van der Waals surface area (Å²) in [4.78, 5) is 23.6. The van der Waals surface area contributed by atoms with Gasteiger partial charge in [0.05, 0.1) is 5.92 Å². The molecule has 0 saturated carbocycles. The van der Waals surface area contributed by atoms with Gasteiger partial charge in [0, 0.05) is 27.6 Å². The lowest BCUT2D eigenvalue weighted by Crippen LogP contribution is -2.40. The minimum atomic E-state index is -0.901. The Morgan fingerprint density at radius 3 is 2.45 bits per heavy atom. The van der Waals surface area contributed by atoms with Gasteiger partial charge in [-0.1, -0.05) is 15.9 Å². The average Bonchev–Trinajstić information content (AvgIpc) is 2.39. The Hall–Kier alpha value is -1.01. The molecule has 0 heterocycles. The number of amides is 1. The minimum Gasteiger partial charge on any atom is -0.481 e. The quantitative estimate of drug-likeness (QED) is 0.733. The molecule has 1 aromatic rings. The Kier molecular flexibility index (Phi) is 7.09. The predicted molar refractivity (Wildman–Crippen MR) is 83.9 cm³/mol. The molecule has 2 unspecified atom stereocenters. The van der Waals surface area contributed by atoms with Gasteiger partial charge in [-0.2, -0.15) is 0 Å². The Balaban J connectivity index is 2.29. The zero-order valence-electron chi connectivity index (χ0n) is 11.4. The highest BCUT2D eigenvalue weighted by atomic mass is 79.9. The van der Waals surface area contributed by atoms with E-state index in [2.05, 4.69) is 21.2 Å². The number of rotatable bonds is 7. The molecule has 110 valence electrons. The van der Waals surface area contributed by atoms with Crippen LogP contribution in [0.5, 0.6) is 0 Å². The van der Waals surface area contributed by atoms with Crippen LogP contribution in [0.2, 0.25) is 0 Å². The molecule has 6 heteroatoms. The average molecular weight is 360 g/mol. The van der Waals surface area contributed by atoms with Crippen LogP contribution in [0.3, 0.4) is 0 Å². The lowest BCUT2D eigenvalue weighted by molar-refractivity contribution is -0.142. The fourth-order valence-electron chi connectivity index (χ4n) is 1.46. The van der Waals surface area contributed by atoms with Crippen molar-refractivity contribution >= 4 is 39.6 Å². The fraction of sp³-hybridized carbons (Fsp3) is 0.429. The summed E-state index contributed by atoms with van der Waals surface area (Å²) in [5, 5.41) is 11.6. The molecular formula is C14H18BrNO3S. The van der Waals surface area contributed by atoms with E-state index in [0.29, 0.717) is 12.2 Å². The van der Waals surface area contributed by atoms with Gasteiger partial charge in [0.1, 0.15) is 0 Å². The van der Waals surface area contributed by atoms with Crippen LogP contribution >= 0.6 is 27.7 Å². The largest absolute Gasteiger partial charge is 0.481 e. The number of carboxylic acid groups (broad SMARTS) is 1. The predicted octanol–water partition coefficient (Wildman–Crippen LogP) is 3.16. The van der Waals surface area contributed by atoms with Crippen molar-refractivity contribution in [2.24, 2.45) is 5.92 Å². The molecule has 1 rings (SSSR count). The van der Waals surface area contributed by atoms with E-state index in [1.54, 1.807) is 25.6 Å². The van der Waals surface area contributed by atoms with Gasteiger partial charge in [-0.25, -0.2) is 0 Å². The molecule has 0 aliphatic heterocycles. The number of benzene rings is 1. The molecule has 4 nitrogen and oxygen atoms in total. The molecule has 0 aromatic heterocycles. The zero-order chi connectivity index (χ0) is 15.1. The number of carbonyl (C=O) groups excluding carboxylic acids is 1. The molecule has 2 atom stereocenters. The summed E-state index contributed by atoms with van der Waals surface area (Å²) < 4.78 is 1.02. The van der Waals surface area contributed by atoms with E-state index in [-0.39, 0.29) is 11.9 Å². The van der Waals surface area contributed by atoms with E-state index in [1.165, 1.54) is 0 Å². The van der Waals surface area contributed by atoms with Crippen LogP contribution in [-0.2, 0) is 9.59 Å². The van der Waals surface area contributed by atoms with Crippen molar-refractivity contribution in [2.75, 3.05) is 5.75 Å². The molecule has 0 fully saturated rings. The highest BCUT2D eigenvalue weighted by Crippen LogP contribution is 2.21. The lowest BCUT2D eigenvalue weighted by atomic mass is 10.0. The van der Waals surface area contributed by atoms with Crippen molar-refractivity contribution in [1.29, 1.82) is 0 Å². The van der Waals surface area contributed by atoms with Gasteiger partial charge in [0.15, 0.2) is 0 Å². The van der Waals surface area contributed by atoms with Crippen LogP contribution in [0.25, 0.3) is 0 Å². The van der Waals surface area contributed by atoms with Crippen LogP contribution in [0.15, 0.2) is 33.6 Å². The topological polar surface area (TPSA) is 66.4 Å². The summed E-state index contributed by atoms with van der Waals surface area (Å²) >= 11 is 4.97. The Labute approximate surface area is 131 Å². The van der Waals surface area contributed by atoms with Gasteiger partial charge < -0.3 is 10.4 Å². The first-order valence-corrected chi connectivity index (χ1v) is 8.08. The van der Waals surface area contributed by atoms with E-state index < -0.39 is 11.9 Å². The van der Waals surface area contributed by atoms with Gasteiger partial charge in [0.2, 0.25) is 5.91 Å². The Morgan fingerprint density at radius 1 is 1.30 bits per heavy atom. The van der Waals surface area contributed by atoms with Crippen molar-refractivity contribution in [1.82, 2.24) is 5.32 Å². The molecule has 0 spiro atoms. The number of hydrogen-bond donors (Lipinski definition) is 2. The SMILES string of the molecule is CC(NC(=O)CCSc1ccc(Br)cc1)C(C)C(=O)O. The number of carbonyl (C=O) groups is 2. The highest BCUT2D eigenvalue weighted by Gasteiger charge is 2.20. The fourth-order valence-corrected chi connectivity index (χ4v) is 2.57. The number of aliphatic carboxylic acids is 1. The molecule has 0 saturated heterocycles. The molecule has 0 radical (unpaired) electrons. The standard InChI is InChI=1S/C14H18BrNO3S/c1-9(14(18)19)10(2)16-13(17)7-8-20-12-5-3-11(15)4-6-12/h3-6,9-10H,7-8H2,1-2H3,(H,16,17)(H,18,19). The molecule has 0 aliphatic rings. The monoisotopic (exact) mass is 359 g/mol. The van der Waals surface area contributed by atoms with Crippen molar-refractivity contribution in [2.45, 2.75) is 31.2 Å². The van der Waals surface area contributed by atoms with Gasteiger partial charge in [0.25, 0.3) is 0 Å². The molecule has 2 N–H and O–H groups in total. The number of halogens is 1. The van der Waals surface area contributed by atoms with E-state index in [1.807, 2.05) is 24.3 Å². The summed E-state index contributed by atoms with van der Waals surface area (Å²) in [6.45, 7) is 3.29. The van der Waals surface area contributed by atoms with Crippen LogP contribution in [0.1, 0.15) is 20.3 Å². The maximum Gasteiger partial charge on any atom is 0.308 e. The summed E-state index contributed by atoms with van der Waals surface area (Å²) in [6, 6.07) is 7.53. The first kappa shape index (κ1) is 17.0. The van der Waals surface area contributed by atoms with E-state index >= 15 is 0 Å². The molecular weight excluding hydrogens is 342 g/mol. The second-order valence-corrected chi connectivity index (χ2v) is 6.62. The van der Waals surface area contributed by atoms with Crippen molar-refractivity contribution < 1.29 is 14.7 Å². The zero-order valence-corrected chi connectivity index (χ0v) is 13.8. The van der Waals surface area contributed by atoms with Gasteiger partial charge in [-0.3, -0.25) is 9.59 Å². The maximum atomic E-state index is 11.7. The maximum absolute atomic E-state index is 11.7. The van der Waals surface area contributed by atoms with Gasteiger partial charge in [-0.15, -0.1) is 11.8 Å². The Bertz CT molecular complexity index is 464. The van der Waals surface area contributed by atoms with Crippen molar-refractivity contribution in [3.8, 4) is 0 Å². The van der Waals surface area contributed by atoms with E-state index in [4.69, 9.17) is 5.11 Å². The van der Waals surface area contributed by atoms with Crippen LogP contribution < -0.4 is 5.32 Å². The molecule has 0 bridgehead atoms. The number of hydrogen-bond acceptors (Lipinski definition) is 3. The van der Waals surface area contributed by atoms with Crippen LogP contribution in [0, 0.1) is 5.92 Å². The number of thioether (sulfide) groups is 1. The smallest absolute Gasteiger partial charge is 0.308 e. The summed E-state index contributed by atoms with van der Waals surface area (Å²) in [6.07, 6.45) is 0.372. The summed E-state index contributed by atoms with van der Waals surface area (Å²) in [5.41, 5.74) is 0. The second kappa shape index (κ2) is 8.32. The van der Waals surface area contributed by atoms with Crippen LogP contribution in [0.4, 0.5) is 0 Å². The van der Waals surface area contributed by atoms with Gasteiger partial charge in [-0.05, 0) is 38.1 Å². The van der Waals surface area contributed by atoms with Gasteiger partial charge >= 0.3 is 5.97 Å². The van der Waals surface area contributed by atoms with E-state index in [0.717, 1.165) is 9.37 Å². The number of carboxylic acids is 1. The molecule has 0 aliphatic carbocycles. The van der Waals surface area contributed by atoms with Crippen molar-refractivity contribution in [3.05, 3.63) is 28.7 Å². The van der Waals surface area contributed by atoms with Crippen LogP contribution in [-0.4, -0.2) is 28.8 Å². The van der Waals surface area contributed by atoms with E-state index in [9.17, 15) is 9.59 Å².